The van der Waals surface area contributed by atoms with E-state index in [9.17, 15) is 4.39 Å². The van der Waals surface area contributed by atoms with Gasteiger partial charge in [0.05, 0.1) is 4.88 Å². The Morgan fingerprint density at radius 1 is 1.44 bits per heavy atom. The molecule has 0 atom stereocenters. The first kappa shape index (κ1) is 12.8. The zero-order valence-corrected chi connectivity index (χ0v) is 11.2. The second kappa shape index (κ2) is 5.82. The monoisotopic (exact) mass is 266 g/mol. The highest BCUT2D eigenvalue weighted by molar-refractivity contribution is 7.15. The molecule has 0 radical (unpaired) electrons. The van der Waals surface area contributed by atoms with E-state index in [1.165, 1.54) is 11.3 Å². The summed E-state index contributed by atoms with van der Waals surface area (Å²) >= 11 is 1.52. The number of anilines is 1. The molecule has 2 aromatic rings. The summed E-state index contributed by atoms with van der Waals surface area (Å²) in [5.74, 6) is -0.0117. The number of benzene rings is 1. The van der Waals surface area contributed by atoms with Crippen LogP contribution in [0.25, 0.3) is 0 Å². The predicted molar refractivity (Wildman–Crippen MR) is 71.7 cm³/mol. The zero-order chi connectivity index (χ0) is 13.0. The average molecular weight is 266 g/mol. The number of aromatic nitrogens is 1. The van der Waals surface area contributed by atoms with Crippen molar-refractivity contribution in [3.05, 3.63) is 40.7 Å². The molecule has 3 nitrogen and oxygen atoms in total. The Kier molecular flexibility index (Phi) is 4.15. The minimum Gasteiger partial charge on any atom is -0.485 e. The van der Waals surface area contributed by atoms with E-state index >= 15 is 0 Å². The molecule has 5 heteroatoms. The molecule has 0 unspecified atom stereocenters. The molecular formula is C13H15FN2OS. The smallest absolute Gasteiger partial charge is 0.182 e. The predicted octanol–water partition coefficient (Wildman–Crippen LogP) is 3.60. The van der Waals surface area contributed by atoms with Crippen molar-refractivity contribution >= 4 is 16.5 Å². The topological polar surface area (TPSA) is 34.2 Å². The highest BCUT2D eigenvalue weighted by atomic mass is 32.1. The maximum atomic E-state index is 13.7. The normalized spacial score (nSPS) is 10.4. The van der Waals surface area contributed by atoms with Crippen LogP contribution in [0.1, 0.15) is 17.4 Å². The van der Waals surface area contributed by atoms with Crippen LogP contribution in [0.4, 0.5) is 9.52 Å². The fraction of sp³-hybridized carbons (Fsp3) is 0.308. The average Bonchev–Trinajstić information content (AvgIpc) is 2.79. The summed E-state index contributed by atoms with van der Waals surface area (Å²) in [5, 5.41) is 3.99. The summed E-state index contributed by atoms with van der Waals surface area (Å²) in [5.41, 5.74) is 0.588. The minimum atomic E-state index is -0.297. The van der Waals surface area contributed by atoms with Crippen LogP contribution < -0.4 is 10.1 Å². The third-order valence-corrected chi connectivity index (χ3v) is 3.34. The first-order valence-electron chi connectivity index (χ1n) is 5.77. The van der Waals surface area contributed by atoms with Gasteiger partial charge in [-0.05, 0) is 25.5 Å². The van der Waals surface area contributed by atoms with Gasteiger partial charge in [0, 0.05) is 12.7 Å². The van der Waals surface area contributed by atoms with Gasteiger partial charge in [0.2, 0.25) is 0 Å². The summed E-state index contributed by atoms with van der Waals surface area (Å²) in [7, 11) is 0. The van der Waals surface area contributed by atoms with Crippen LogP contribution in [-0.4, -0.2) is 11.5 Å². The SMILES string of the molecule is CCNc1ncc(COc2cccc(C)c2F)s1. The first-order chi connectivity index (χ1) is 8.70. The largest absolute Gasteiger partial charge is 0.485 e. The third kappa shape index (κ3) is 2.98. The summed E-state index contributed by atoms with van der Waals surface area (Å²) in [6, 6.07) is 5.14. The maximum Gasteiger partial charge on any atom is 0.182 e. The van der Waals surface area contributed by atoms with Gasteiger partial charge in [0.15, 0.2) is 16.7 Å². The molecule has 0 saturated heterocycles. The van der Waals surface area contributed by atoms with Gasteiger partial charge >= 0.3 is 0 Å². The van der Waals surface area contributed by atoms with Crippen LogP contribution in [-0.2, 0) is 6.61 Å². The van der Waals surface area contributed by atoms with Gasteiger partial charge in [-0.3, -0.25) is 0 Å². The summed E-state index contributed by atoms with van der Waals surface area (Å²) < 4.78 is 19.1. The minimum absolute atomic E-state index is 0.286. The van der Waals surface area contributed by atoms with Crippen molar-refractivity contribution in [3.8, 4) is 5.75 Å². The molecule has 2 rings (SSSR count). The molecule has 0 aliphatic heterocycles. The maximum absolute atomic E-state index is 13.7. The van der Waals surface area contributed by atoms with E-state index in [0.29, 0.717) is 12.2 Å². The van der Waals surface area contributed by atoms with Gasteiger partial charge in [-0.1, -0.05) is 23.5 Å². The van der Waals surface area contributed by atoms with Gasteiger partial charge in [-0.25, -0.2) is 9.37 Å². The van der Waals surface area contributed by atoms with Crippen molar-refractivity contribution in [1.29, 1.82) is 0 Å². The van der Waals surface area contributed by atoms with Crippen molar-refractivity contribution in [2.75, 3.05) is 11.9 Å². The van der Waals surface area contributed by atoms with Gasteiger partial charge in [-0.2, -0.15) is 0 Å². The van der Waals surface area contributed by atoms with E-state index in [4.69, 9.17) is 4.74 Å². The summed E-state index contributed by atoms with van der Waals surface area (Å²) in [4.78, 5) is 5.16. The number of aryl methyl sites for hydroxylation is 1. The van der Waals surface area contributed by atoms with Crippen LogP contribution in [0.15, 0.2) is 24.4 Å². The van der Waals surface area contributed by atoms with Gasteiger partial charge in [-0.15, -0.1) is 0 Å². The third-order valence-electron chi connectivity index (χ3n) is 2.41. The lowest BCUT2D eigenvalue weighted by Crippen LogP contribution is -1.96. The number of nitrogens with zero attached hydrogens (tertiary/aromatic N) is 1. The Morgan fingerprint density at radius 2 is 2.28 bits per heavy atom. The van der Waals surface area contributed by atoms with E-state index in [1.807, 2.05) is 6.92 Å². The Hall–Kier alpha value is -1.62. The van der Waals surface area contributed by atoms with E-state index in [2.05, 4.69) is 10.3 Å². The highest BCUT2D eigenvalue weighted by Gasteiger charge is 2.07. The van der Waals surface area contributed by atoms with Crippen molar-refractivity contribution in [1.82, 2.24) is 4.98 Å². The lowest BCUT2D eigenvalue weighted by molar-refractivity contribution is 0.292. The van der Waals surface area contributed by atoms with Gasteiger partial charge < -0.3 is 10.1 Å². The molecule has 0 fully saturated rings. The fourth-order valence-electron chi connectivity index (χ4n) is 1.49. The van der Waals surface area contributed by atoms with Crippen LogP contribution in [0, 0.1) is 12.7 Å². The van der Waals surface area contributed by atoms with Crippen LogP contribution >= 0.6 is 11.3 Å². The highest BCUT2D eigenvalue weighted by Crippen LogP contribution is 2.23. The Morgan fingerprint density at radius 3 is 3.06 bits per heavy atom. The number of hydrogen-bond acceptors (Lipinski definition) is 4. The molecule has 1 aromatic heterocycles. The molecule has 1 aromatic carbocycles. The second-order valence-corrected chi connectivity index (χ2v) is 4.95. The van der Waals surface area contributed by atoms with Crippen LogP contribution in [0.5, 0.6) is 5.75 Å². The van der Waals surface area contributed by atoms with Crippen molar-refractivity contribution < 1.29 is 9.13 Å². The molecule has 0 saturated carbocycles. The van der Waals surface area contributed by atoms with Gasteiger partial charge in [0.1, 0.15) is 6.61 Å². The van der Waals surface area contributed by atoms with Crippen molar-refractivity contribution in [2.45, 2.75) is 20.5 Å². The molecule has 18 heavy (non-hydrogen) atoms. The molecule has 1 N–H and O–H groups in total. The molecular weight excluding hydrogens is 251 g/mol. The molecule has 0 bridgehead atoms. The number of rotatable bonds is 5. The van der Waals surface area contributed by atoms with E-state index in [-0.39, 0.29) is 11.6 Å². The number of hydrogen-bond donors (Lipinski definition) is 1. The Balaban J connectivity index is 2.00. The number of halogens is 1. The summed E-state index contributed by atoms with van der Waals surface area (Å²) in [6.07, 6.45) is 1.75. The van der Waals surface area contributed by atoms with Gasteiger partial charge in [0.25, 0.3) is 0 Å². The fourth-order valence-corrected chi connectivity index (χ4v) is 2.28. The quantitative estimate of drug-likeness (QED) is 0.897. The lowest BCUT2D eigenvalue weighted by Gasteiger charge is -2.06. The van der Waals surface area contributed by atoms with Crippen molar-refractivity contribution in [3.63, 3.8) is 0 Å². The lowest BCUT2D eigenvalue weighted by atomic mass is 10.2. The van der Waals surface area contributed by atoms with E-state index in [0.717, 1.165) is 16.6 Å². The number of nitrogens with one attached hydrogen (secondary N) is 1. The standard InChI is InChI=1S/C13H15FN2OS/c1-3-15-13-16-7-10(18-13)8-17-11-6-4-5-9(2)12(11)14/h4-7H,3,8H2,1-2H3,(H,15,16). The molecule has 0 amide bonds. The van der Waals surface area contributed by atoms with E-state index < -0.39 is 0 Å². The zero-order valence-electron chi connectivity index (χ0n) is 10.4. The number of thiazole rings is 1. The van der Waals surface area contributed by atoms with Crippen LogP contribution in [0.2, 0.25) is 0 Å². The molecule has 0 aliphatic carbocycles. The molecule has 1 heterocycles. The Bertz CT molecular complexity index is 527. The first-order valence-corrected chi connectivity index (χ1v) is 6.59. The Labute approximate surface area is 110 Å². The summed E-state index contributed by atoms with van der Waals surface area (Å²) in [6.45, 7) is 4.90. The second-order valence-electron chi connectivity index (χ2n) is 3.84. The molecule has 0 spiro atoms. The van der Waals surface area contributed by atoms with E-state index in [1.54, 1.807) is 31.3 Å². The van der Waals surface area contributed by atoms with Crippen molar-refractivity contribution in [2.24, 2.45) is 0 Å². The number of ether oxygens (including phenoxy) is 1. The molecule has 96 valence electrons. The van der Waals surface area contributed by atoms with Crippen LogP contribution in [0.3, 0.4) is 0 Å². The molecule has 0 aliphatic rings.